The zero-order chi connectivity index (χ0) is 23.3. The number of fused-ring (bicyclic) bond motifs is 7. The summed E-state index contributed by atoms with van der Waals surface area (Å²) in [5.74, 6) is 1.79. The lowest BCUT2D eigenvalue weighted by molar-refractivity contribution is 0.388. The van der Waals surface area contributed by atoms with Gasteiger partial charge in [-0.3, -0.25) is 0 Å². The zero-order valence-corrected chi connectivity index (χ0v) is 19.6. The van der Waals surface area contributed by atoms with Crippen molar-refractivity contribution < 1.29 is 4.74 Å². The van der Waals surface area contributed by atoms with Crippen LogP contribution in [-0.4, -0.2) is 0 Å². The Morgan fingerprint density at radius 1 is 0.765 bits per heavy atom. The predicted octanol–water partition coefficient (Wildman–Crippen LogP) is 8.73. The van der Waals surface area contributed by atoms with Gasteiger partial charge in [-0.25, -0.2) is 0 Å². The number of hydrogen-bond donors (Lipinski definition) is 0. The minimum Gasteiger partial charge on any atom is -0.461 e. The van der Waals surface area contributed by atoms with E-state index in [-0.39, 0.29) is 0 Å². The Morgan fingerprint density at radius 3 is 2.24 bits per heavy atom. The average molecular weight is 459 g/mol. The maximum absolute atomic E-state index is 6.40. The van der Waals surface area contributed by atoms with Gasteiger partial charge in [0.05, 0.1) is 5.41 Å². The standard InChI is InChI=1S/C32H23ClO/c1-3-4-13-27-21(2)34-30-16-8-7-15-29(30)32(27)28-14-6-5-10-25(28)26-12-9-11-24(31(26)32)22-17-19-23(33)20-18-22/h3-20H,1H2,2H3/b13-4-. The Kier molecular flexibility index (Phi) is 4.83. The fourth-order valence-corrected chi connectivity index (χ4v) is 5.82. The molecule has 0 N–H and O–H groups in total. The van der Waals surface area contributed by atoms with Crippen molar-refractivity contribution >= 4 is 11.6 Å². The van der Waals surface area contributed by atoms with Gasteiger partial charge in [0.1, 0.15) is 11.5 Å². The van der Waals surface area contributed by atoms with E-state index in [0.717, 1.165) is 33.2 Å². The molecule has 0 radical (unpaired) electrons. The number of para-hydroxylation sites is 1. The summed E-state index contributed by atoms with van der Waals surface area (Å²) < 4.78 is 6.40. The molecule has 0 fully saturated rings. The first-order chi connectivity index (χ1) is 16.7. The summed E-state index contributed by atoms with van der Waals surface area (Å²) in [6.07, 6.45) is 5.98. The third-order valence-corrected chi connectivity index (χ3v) is 7.20. The van der Waals surface area contributed by atoms with Crippen LogP contribution in [0.25, 0.3) is 22.3 Å². The van der Waals surface area contributed by atoms with E-state index < -0.39 is 5.41 Å². The van der Waals surface area contributed by atoms with Crippen LogP contribution >= 0.6 is 11.6 Å². The molecular weight excluding hydrogens is 436 g/mol. The molecule has 164 valence electrons. The van der Waals surface area contributed by atoms with Crippen LogP contribution in [-0.2, 0) is 5.41 Å². The molecule has 1 heterocycles. The molecule has 1 spiro atoms. The monoisotopic (exact) mass is 458 g/mol. The molecule has 0 amide bonds. The Bertz CT molecular complexity index is 1510. The van der Waals surface area contributed by atoms with E-state index in [1.807, 2.05) is 30.4 Å². The third kappa shape index (κ3) is 2.81. The Morgan fingerprint density at radius 2 is 1.44 bits per heavy atom. The Hall–Kier alpha value is -3.81. The molecule has 2 aliphatic rings. The van der Waals surface area contributed by atoms with E-state index in [9.17, 15) is 0 Å². The number of benzene rings is 4. The quantitative estimate of drug-likeness (QED) is 0.279. The van der Waals surface area contributed by atoms with Crippen molar-refractivity contribution in [3.05, 3.63) is 149 Å². The summed E-state index contributed by atoms with van der Waals surface area (Å²) in [5, 5.41) is 0.732. The summed E-state index contributed by atoms with van der Waals surface area (Å²) in [6.45, 7) is 5.99. The van der Waals surface area contributed by atoms with Crippen LogP contribution in [0.4, 0.5) is 0 Å². The lowest BCUT2D eigenvalue weighted by atomic mass is 9.64. The van der Waals surface area contributed by atoms with E-state index in [1.165, 1.54) is 27.8 Å². The summed E-state index contributed by atoms with van der Waals surface area (Å²) in [7, 11) is 0. The fourth-order valence-electron chi connectivity index (χ4n) is 5.69. The molecule has 4 aromatic carbocycles. The molecule has 4 aromatic rings. The topological polar surface area (TPSA) is 9.23 Å². The maximum atomic E-state index is 6.40. The number of rotatable bonds is 3. The van der Waals surface area contributed by atoms with Crippen LogP contribution in [0, 0.1) is 0 Å². The van der Waals surface area contributed by atoms with Crippen molar-refractivity contribution in [2.45, 2.75) is 12.3 Å². The average Bonchev–Trinajstić information content (AvgIpc) is 3.16. The fraction of sp³-hybridized carbons (Fsp3) is 0.0625. The summed E-state index contributed by atoms with van der Waals surface area (Å²) >= 11 is 6.26. The molecule has 0 bridgehead atoms. The molecule has 0 saturated heterocycles. The van der Waals surface area contributed by atoms with Crippen LogP contribution in [0.2, 0.25) is 5.02 Å². The molecule has 1 unspecified atom stereocenters. The van der Waals surface area contributed by atoms with E-state index in [2.05, 4.69) is 92.4 Å². The van der Waals surface area contributed by atoms with Crippen LogP contribution < -0.4 is 4.74 Å². The number of ether oxygens (including phenoxy) is 1. The van der Waals surface area contributed by atoms with Crippen LogP contribution in [0.15, 0.2) is 127 Å². The van der Waals surface area contributed by atoms with Crippen LogP contribution in [0.1, 0.15) is 23.6 Å². The molecule has 1 atom stereocenters. The summed E-state index contributed by atoms with van der Waals surface area (Å²) in [4.78, 5) is 0. The van der Waals surface area contributed by atoms with Gasteiger partial charge in [0.25, 0.3) is 0 Å². The molecular formula is C32H23ClO. The van der Waals surface area contributed by atoms with Crippen molar-refractivity contribution in [3.8, 4) is 28.0 Å². The minimum atomic E-state index is -0.513. The van der Waals surface area contributed by atoms with Gasteiger partial charge in [-0.2, -0.15) is 0 Å². The largest absolute Gasteiger partial charge is 0.461 e. The maximum Gasteiger partial charge on any atom is 0.131 e. The van der Waals surface area contributed by atoms with Gasteiger partial charge in [-0.05, 0) is 58.5 Å². The van der Waals surface area contributed by atoms with E-state index in [4.69, 9.17) is 16.3 Å². The molecule has 6 rings (SSSR count). The van der Waals surface area contributed by atoms with Crippen molar-refractivity contribution in [3.63, 3.8) is 0 Å². The number of hydrogen-bond acceptors (Lipinski definition) is 1. The first-order valence-electron chi connectivity index (χ1n) is 11.4. The molecule has 1 aliphatic heterocycles. The van der Waals surface area contributed by atoms with Gasteiger partial charge >= 0.3 is 0 Å². The van der Waals surface area contributed by atoms with Gasteiger partial charge in [0.15, 0.2) is 0 Å². The molecule has 1 nitrogen and oxygen atoms in total. The van der Waals surface area contributed by atoms with E-state index >= 15 is 0 Å². The second kappa shape index (κ2) is 7.90. The smallest absolute Gasteiger partial charge is 0.131 e. The molecule has 0 saturated carbocycles. The number of halogens is 1. The lowest BCUT2D eigenvalue weighted by Crippen LogP contribution is -2.34. The highest BCUT2D eigenvalue weighted by atomic mass is 35.5. The van der Waals surface area contributed by atoms with E-state index in [1.54, 1.807) is 0 Å². The Balaban J connectivity index is 1.82. The lowest BCUT2D eigenvalue weighted by Gasteiger charge is -2.40. The van der Waals surface area contributed by atoms with Crippen molar-refractivity contribution in [2.24, 2.45) is 0 Å². The predicted molar refractivity (Wildman–Crippen MR) is 141 cm³/mol. The van der Waals surface area contributed by atoms with Gasteiger partial charge < -0.3 is 4.74 Å². The summed E-state index contributed by atoms with van der Waals surface area (Å²) in [5.41, 5.74) is 9.14. The summed E-state index contributed by atoms with van der Waals surface area (Å²) in [6, 6.07) is 31.9. The third-order valence-electron chi connectivity index (χ3n) is 6.95. The minimum absolute atomic E-state index is 0.513. The molecule has 34 heavy (non-hydrogen) atoms. The van der Waals surface area contributed by atoms with Crippen molar-refractivity contribution in [1.82, 2.24) is 0 Å². The van der Waals surface area contributed by atoms with Gasteiger partial charge in [-0.15, -0.1) is 0 Å². The normalized spacial score (nSPS) is 17.9. The van der Waals surface area contributed by atoms with Crippen molar-refractivity contribution in [2.75, 3.05) is 0 Å². The first kappa shape index (κ1) is 20.8. The highest BCUT2D eigenvalue weighted by Gasteiger charge is 2.52. The SMILES string of the molecule is C=C/C=C\C1=C(C)Oc2ccccc2C12c1ccccc1-c1cccc(-c3ccc(Cl)cc3)c12. The zero-order valence-electron chi connectivity index (χ0n) is 18.9. The second-order valence-corrected chi connectivity index (χ2v) is 9.13. The number of allylic oxidation sites excluding steroid dienone is 5. The second-order valence-electron chi connectivity index (χ2n) is 8.69. The van der Waals surface area contributed by atoms with Crippen LogP contribution in [0.3, 0.4) is 0 Å². The van der Waals surface area contributed by atoms with Gasteiger partial charge in [0.2, 0.25) is 0 Å². The van der Waals surface area contributed by atoms with Gasteiger partial charge in [0, 0.05) is 16.2 Å². The first-order valence-corrected chi connectivity index (χ1v) is 11.8. The van der Waals surface area contributed by atoms with Crippen LogP contribution in [0.5, 0.6) is 5.75 Å². The highest BCUT2D eigenvalue weighted by molar-refractivity contribution is 6.30. The van der Waals surface area contributed by atoms with E-state index in [0.29, 0.717) is 0 Å². The van der Waals surface area contributed by atoms with Gasteiger partial charge in [-0.1, -0.05) is 109 Å². The highest BCUT2D eigenvalue weighted by Crippen LogP contribution is 2.62. The Labute approximate surface area is 205 Å². The molecule has 1 aliphatic carbocycles. The molecule has 0 aromatic heterocycles. The molecule has 2 heteroatoms. The van der Waals surface area contributed by atoms with Crippen molar-refractivity contribution in [1.29, 1.82) is 0 Å².